The van der Waals surface area contributed by atoms with E-state index in [1.54, 1.807) is 0 Å². The molecule has 8 rings (SSSR count). The average Bonchev–Trinajstić information content (AvgIpc) is 3.69. The number of fused-ring (bicyclic) bond motifs is 6. The Labute approximate surface area is 222 Å². The quantitative estimate of drug-likeness (QED) is 0.483. The van der Waals surface area contributed by atoms with Crippen LogP contribution in [0.5, 0.6) is 0 Å². The molecule has 2 spiro atoms. The van der Waals surface area contributed by atoms with E-state index in [0.717, 1.165) is 38.5 Å². The van der Waals surface area contributed by atoms with Crippen LogP contribution in [0.25, 0.3) is 0 Å². The highest BCUT2D eigenvalue weighted by molar-refractivity contribution is 5.81. The van der Waals surface area contributed by atoms with E-state index in [-0.39, 0.29) is 29.1 Å². The molecule has 200 valence electrons. The summed E-state index contributed by atoms with van der Waals surface area (Å²) in [6.07, 6.45) is 5.33. The first kappa shape index (κ1) is 24.5. The van der Waals surface area contributed by atoms with Crippen LogP contribution >= 0.6 is 0 Å². The van der Waals surface area contributed by atoms with Gasteiger partial charge in [-0.25, -0.2) is 4.79 Å². The molecule has 7 nitrogen and oxygen atoms in total. The molecule has 6 aliphatic rings. The molecule has 6 atom stereocenters. The Bertz CT molecular complexity index is 1190. The van der Waals surface area contributed by atoms with Gasteiger partial charge < -0.3 is 28.8 Å². The van der Waals surface area contributed by atoms with Crippen molar-refractivity contribution in [2.24, 2.45) is 10.8 Å². The molecule has 1 N–H and O–H groups in total. The summed E-state index contributed by atoms with van der Waals surface area (Å²) in [7, 11) is 0. The second-order valence-electron chi connectivity index (χ2n) is 11.8. The smallest absolute Gasteiger partial charge is 0.330 e. The molecule has 7 heteroatoms. The first-order valence-electron chi connectivity index (χ1n) is 13.7. The number of carbonyl (C=O) groups is 1. The summed E-state index contributed by atoms with van der Waals surface area (Å²) in [6.45, 7) is 4.71. The molecule has 4 fully saturated rings. The van der Waals surface area contributed by atoms with Crippen molar-refractivity contribution in [3.05, 3.63) is 83.4 Å². The largest absolute Gasteiger partial charge is 0.453 e. The SMILES string of the molecule is C=CC(=O)O[C@@H]1[C@@H]2OC[C@H](CC13Cc1ccccc1C3)O2.O[C@@H]1[C@@H]2OC[C@H](CC13Cc1ccccc1C3)O2. The van der Waals surface area contributed by atoms with Crippen LogP contribution in [0.1, 0.15) is 35.1 Å². The Balaban J connectivity index is 0.000000130. The molecule has 4 aliphatic heterocycles. The molecule has 0 aromatic heterocycles. The van der Waals surface area contributed by atoms with Crippen molar-refractivity contribution in [3.8, 4) is 0 Å². The van der Waals surface area contributed by atoms with Gasteiger partial charge in [-0.05, 0) is 60.8 Å². The van der Waals surface area contributed by atoms with E-state index < -0.39 is 24.7 Å². The van der Waals surface area contributed by atoms with Crippen LogP contribution in [0.4, 0.5) is 0 Å². The zero-order valence-corrected chi connectivity index (χ0v) is 21.4. The van der Waals surface area contributed by atoms with Gasteiger partial charge in [0.25, 0.3) is 0 Å². The number of hydrogen-bond acceptors (Lipinski definition) is 7. The summed E-state index contributed by atoms with van der Waals surface area (Å²) < 4.78 is 28.3. The summed E-state index contributed by atoms with van der Waals surface area (Å²) in [5.41, 5.74) is 5.30. The minimum absolute atomic E-state index is 0.0478. The van der Waals surface area contributed by atoms with Gasteiger partial charge in [-0.1, -0.05) is 55.1 Å². The van der Waals surface area contributed by atoms with Gasteiger partial charge in [-0.15, -0.1) is 0 Å². The lowest BCUT2D eigenvalue weighted by Gasteiger charge is -2.42. The van der Waals surface area contributed by atoms with Crippen LogP contribution < -0.4 is 0 Å². The molecule has 2 aromatic rings. The van der Waals surface area contributed by atoms with Gasteiger partial charge in [0.05, 0.1) is 25.4 Å². The van der Waals surface area contributed by atoms with Gasteiger partial charge in [0.2, 0.25) is 0 Å². The van der Waals surface area contributed by atoms with Crippen molar-refractivity contribution in [1.82, 2.24) is 0 Å². The third-order valence-corrected chi connectivity index (χ3v) is 9.37. The highest BCUT2D eigenvalue weighted by Gasteiger charge is 2.58. The van der Waals surface area contributed by atoms with Crippen LogP contribution in [0, 0.1) is 10.8 Å². The highest BCUT2D eigenvalue weighted by atomic mass is 16.7. The Hall–Kier alpha value is -2.55. The van der Waals surface area contributed by atoms with Crippen molar-refractivity contribution in [1.29, 1.82) is 0 Å². The number of benzene rings is 2. The van der Waals surface area contributed by atoms with E-state index in [2.05, 4.69) is 55.1 Å². The van der Waals surface area contributed by atoms with E-state index in [4.69, 9.17) is 23.7 Å². The molecule has 4 heterocycles. The molecule has 38 heavy (non-hydrogen) atoms. The summed E-state index contributed by atoms with van der Waals surface area (Å²) in [5.74, 6) is -0.409. The number of rotatable bonds is 2. The third kappa shape index (κ3) is 4.03. The summed E-state index contributed by atoms with van der Waals surface area (Å²) in [4.78, 5) is 11.7. The Kier molecular flexibility index (Phi) is 5.98. The molecule has 0 amide bonds. The summed E-state index contributed by atoms with van der Waals surface area (Å²) in [6, 6.07) is 17.0. The normalized spacial score (nSPS) is 34.3. The zero-order chi connectivity index (χ0) is 25.9. The average molecular weight is 519 g/mol. The van der Waals surface area contributed by atoms with E-state index >= 15 is 0 Å². The lowest BCUT2D eigenvalue weighted by Crippen LogP contribution is -2.52. The first-order chi connectivity index (χ1) is 18.5. The zero-order valence-electron chi connectivity index (χ0n) is 21.4. The Morgan fingerprint density at radius 2 is 1.29 bits per heavy atom. The van der Waals surface area contributed by atoms with Crippen LogP contribution in [0.15, 0.2) is 61.2 Å². The predicted octanol–water partition coefficient (Wildman–Crippen LogP) is 3.29. The van der Waals surface area contributed by atoms with Crippen LogP contribution in [0.2, 0.25) is 0 Å². The van der Waals surface area contributed by atoms with Crippen LogP contribution in [-0.2, 0) is 54.2 Å². The number of esters is 1. The topological polar surface area (TPSA) is 83.5 Å². The number of carbonyl (C=O) groups excluding carboxylic acids is 1. The van der Waals surface area contributed by atoms with Gasteiger partial charge >= 0.3 is 5.97 Å². The fraction of sp³-hybridized carbons (Fsp3) is 0.516. The van der Waals surface area contributed by atoms with Gasteiger partial charge in [0, 0.05) is 16.9 Å². The Morgan fingerprint density at radius 3 is 1.84 bits per heavy atom. The molecule has 0 saturated carbocycles. The second-order valence-corrected chi connectivity index (χ2v) is 11.8. The molecule has 4 saturated heterocycles. The maximum atomic E-state index is 11.7. The number of ether oxygens (including phenoxy) is 5. The van der Waals surface area contributed by atoms with E-state index in [0.29, 0.717) is 13.2 Å². The van der Waals surface area contributed by atoms with Crippen LogP contribution in [-0.4, -0.2) is 61.3 Å². The van der Waals surface area contributed by atoms with E-state index in [9.17, 15) is 9.90 Å². The monoisotopic (exact) mass is 518 g/mol. The highest BCUT2D eigenvalue weighted by Crippen LogP contribution is 2.51. The van der Waals surface area contributed by atoms with Crippen molar-refractivity contribution in [2.45, 2.75) is 75.5 Å². The van der Waals surface area contributed by atoms with Crippen molar-refractivity contribution >= 4 is 5.97 Å². The van der Waals surface area contributed by atoms with Crippen LogP contribution in [0.3, 0.4) is 0 Å². The molecule has 2 aromatic carbocycles. The maximum Gasteiger partial charge on any atom is 0.330 e. The first-order valence-corrected chi connectivity index (χ1v) is 13.7. The van der Waals surface area contributed by atoms with Crippen molar-refractivity contribution in [2.75, 3.05) is 13.2 Å². The van der Waals surface area contributed by atoms with Gasteiger partial charge in [-0.3, -0.25) is 0 Å². The van der Waals surface area contributed by atoms with Gasteiger partial charge in [0.15, 0.2) is 18.7 Å². The summed E-state index contributed by atoms with van der Waals surface area (Å²) in [5, 5.41) is 10.5. The number of aliphatic hydroxyl groups is 1. The fourth-order valence-electron chi connectivity index (χ4n) is 7.70. The Morgan fingerprint density at radius 1 is 0.816 bits per heavy atom. The number of hydrogen-bond donors (Lipinski definition) is 1. The number of aliphatic hydroxyl groups excluding tert-OH is 1. The molecule has 0 radical (unpaired) electrons. The predicted molar refractivity (Wildman–Crippen MR) is 137 cm³/mol. The molecular weight excluding hydrogens is 484 g/mol. The third-order valence-electron chi connectivity index (χ3n) is 9.37. The molecular formula is C31H34O7. The van der Waals surface area contributed by atoms with Gasteiger partial charge in [-0.2, -0.15) is 0 Å². The second kappa shape index (κ2) is 9.28. The van der Waals surface area contributed by atoms with E-state index in [1.807, 2.05) is 0 Å². The fourth-order valence-corrected chi connectivity index (χ4v) is 7.70. The molecule has 0 unspecified atom stereocenters. The minimum atomic E-state index is -0.492. The molecule has 4 bridgehead atoms. The van der Waals surface area contributed by atoms with Crippen molar-refractivity contribution in [3.63, 3.8) is 0 Å². The van der Waals surface area contributed by atoms with Crippen molar-refractivity contribution < 1.29 is 33.6 Å². The summed E-state index contributed by atoms with van der Waals surface area (Å²) >= 11 is 0. The minimum Gasteiger partial charge on any atom is -0.453 e. The maximum absolute atomic E-state index is 11.7. The lowest BCUT2D eigenvalue weighted by atomic mass is 9.73. The lowest BCUT2D eigenvalue weighted by molar-refractivity contribution is -0.219. The van der Waals surface area contributed by atoms with Gasteiger partial charge in [0.1, 0.15) is 6.10 Å². The van der Waals surface area contributed by atoms with E-state index in [1.165, 1.54) is 28.3 Å². The molecule has 2 aliphatic carbocycles. The standard InChI is InChI=1S/C17H18O4.C14H16O3/c1-2-14(18)21-15-16-19-10-13(20-16)9-17(15)7-11-5-3-4-6-12(11)8-17;15-12-13-16-8-11(17-13)7-14(12)5-9-3-1-2-4-10(9)6-14/h2-6,13,15-16H,1,7-10H2;1-4,11-13,15H,5-8H2/t13-,15+,16+;11-,12+,13+/m00/s1.